The number of rotatable bonds is 7. The molecule has 0 aliphatic heterocycles. The Hall–Kier alpha value is -4.28. The number of aromatic amines is 1. The number of nitrogens with one attached hydrogen (secondary N) is 2. The highest BCUT2D eigenvalue weighted by molar-refractivity contribution is 5.75. The van der Waals surface area contributed by atoms with E-state index in [1.165, 1.54) is 26.4 Å². The Morgan fingerprint density at radius 1 is 1.14 bits per heavy atom. The number of hydrogen-bond acceptors (Lipinski definition) is 5. The molecule has 0 spiro atoms. The van der Waals surface area contributed by atoms with Crippen molar-refractivity contribution >= 4 is 22.5 Å². The van der Waals surface area contributed by atoms with Gasteiger partial charge in [-0.05, 0) is 61.6 Å². The number of alkyl halides is 3. The second-order valence-corrected chi connectivity index (χ2v) is 8.69. The maximum atomic E-state index is 13.7. The molecule has 4 rings (SSSR count). The van der Waals surface area contributed by atoms with Crippen LogP contribution in [0.25, 0.3) is 16.9 Å². The van der Waals surface area contributed by atoms with E-state index in [4.69, 9.17) is 0 Å². The van der Waals surface area contributed by atoms with Gasteiger partial charge in [0, 0.05) is 25.3 Å². The predicted molar refractivity (Wildman–Crippen MR) is 136 cm³/mol. The number of halogens is 3. The van der Waals surface area contributed by atoms with Gasteiger partial charge in [-0.2, -0.15) is 13.2 Å². The summed E-state index contributed by atoms with van der Waals surface area (Å²) >= 11 is 0. The lowest BCUT2D eigenvalue weighted by atomic mass is 9.95. The Bertz CT molecular complexity index is 1610. The third-order valence-electron chi connectivity index (χ3n) is 6.22. The van der Waals surface area contributed by atoms with E-state index >= 15 is 0 Å². The topological polar surface area (TPSA) is 105 Å². The smallest absolute Gasteiger partial charge is 0.416 e. The third-order valence-corrected chi connectivity index (χ3v) is 6.22. The summed E-state index contributed by atoms with van der Waals surface area (Å²) in [4.78, 5) is 33.0. The van der Waals surface area contributed by atoms with E-state index in [-0.39, 0.29) is 22.4 Å². The van der Waals surface area contributed by atoms with Crippen molar-refractivity contribution in [2.45, 2.75) is 32.4 Å². The molecule has 2 aromatic heterocycles. The number of aryl methyl sites for hydroxylation is 3. The highest BCUT2D eigenvalue weighted by Crippen LogP contribution is 2.34. The van der Waals surface area contributed by atoms with Crippen molar-refractivity contribution < 1.29 is 18.3 Å². The zero-order valence-electron chi connectivity index (χ0n) is 20.5. The molecule has 0 bridgehead atoms. The molecule has 2 heterocycles. The number of aliphatic hydroxyl groups is 1. The molecule has 8 nitrogen and oxygen atoms in total. The molecule has 4 aromatic rings. The van der Waals surface area contributed by atoms with E-state index in [9.17, 15) is 27.9 Å². The first kappa shape index (κ1) is 25.8. The fraction of sp³-hybridized carbons (Fsp3) is 0.269. The second-order valence-electron chi connectivity index (χ2n) is 8.69. The zero-order valence-corrected chi connectivity index (χ0v) is 20.5. The maximum absolute atomic E-state index is 13.7. The average molecular weight is 514 g/mol. The number of aromatic nitrogens is 4. The molecule has 2 aromatic carbocycles. The van der Waals surface area contributed by atoms with Crippen molar-refractivity contribution in [3.05, 3.63) is 97.6 Å². The van der Waals surface area contributed by atoms with Crippen molar-refractivity contribution in [2.24, 2.45) is 7.05 Å². The minimum atomic E-state index is -4.67. The van der Waals surface area contributed by atoms with Crippen molar-refractivity contribution in [3.8, 4) is 0 Å². The first-order chi connectivity index (χ1) is 17.5. The normalized spacial score (nSPS) is 12.6. The van der Waals surface area contributed by atoms with Crippen LogP contribution in [0.3, 0.4) is 0 Å². The minimum absolute atomic E-state index is 0.0150. The van der Waals surface area contributed by atoms with Crippen LogP contribution in [0.1, 0.15) is 35.6 Å². The number of H-pyrrole nitrogens is 1. The zero-order chi connectivity index (χ0) is 26.9. The number of allylic oxidation sites excluding steroid dienone is 1. The van der Waals surface area contributed by atoms with E-state index < -0.39 is 28.7 Å². The van der Waals surface area contributed by atoms with Gasteiger partial charge in [0.2, 0.25) is 0 Å². The number of aliphatic hydroxyl groups excluding tert-OH is 1. The van der Waals surface area contributed by atoms with Gasteiger partial charge in [-0.3, -0.25) is 9.36 Å². The van der Waals surface area contributed by atoms with E-state index in [0.29, 0.717) is 29.4 Å². The van der Waals surface area contributed by atoms with Gasteiger partial charge >= 0.3 is 11.9 Å². The first-order valence-corrected chi connectivity index (χ1v) is 11.6. The Morgan fingerprint density at radius 2 is 1.89 bits per heavy atom. The quantitative estimate of drug-likeness (QED) is 0.317. The van der Waals surface area contributed by atoms with Crippen LogP contribution in [-0.4, -0.2) is 31.3 Å². The molecule has 194 valence electrons. The molecule has 0 radical (unpaired) electrons. The summed E-state index contributed by atoms with van der Waals surface area (Å²) in [5, 5.41) is 13.7. The van der Waals surface area contributed by atoms with Gasteiger partial charge in [0.25, 0.3) is 5.56 Å². The Morgan fingerprint density at radius 3 is 2.57 bits per heavy atom. The number of fused-ring (bicyclic) bond motifs is 1. The molecule has 0 aliphatic rings. The molecular formula is C26H26F3N5O3. The van der Waals surface area contributed by atoms with Crippen LogP contribution < -0.4 is 16.6 Å². The van der Waals surface area contributed by atoms with Crippen LogP contribution in [0.4, 0.5) is 18.9 Å². The van der Waals surface area contributed by atoms with E-state index in [2.05, 4.69) is 15.3 Å². The summed E-state index contributed by atoms with van der Waals surface area (Å²) in [5.41, 5.74) is -0.460. The molecular weight excluding hydrogens is 487 g/mol. The van der Waals surface area contributed by atoms with Gasteiger partial charge in [0.15, 0.2) is 5.65 Å². The number of benzene rings is 2. The fourth-order valence-corrected chi connectivity index (χ4v) is 4.37. The molecule has 0 saturated carbocycles. The fourth-order valence-electron chi connectivity index (χ4n) is 4.37. The number of imidazole rings is 1. The summed E-state index contributed by atoms with van der Waals surface area (Å²) in [6.07, 6.45) is -1.86. The SMILES string of the molecule is CNc1cccc(CCCc2ccc(C(F)(F)F)cc2/C(=C(\C)O)n2c(=O)c3[nH]cnc3n(C)c2=O)c1. The average Bonchev–Trinajstić information content (AvgIpc) is 3.35. The Balaban J connectivity index is 1.84. The number of hydrogen-bond donors (Lipinski definition) is 3. The molecule has 0 unspecified atom stereocenters. The summed E-state index contributed by atoms with van der Waals surface area (Å²) in [6.45, 7) is 1.23. The van der Waals surface area contributed by atoms with Crippen LogP contribution in [-0.2, 0) is 26.1 Å². The molecule has 3 N–H and O–H groups in total. The number of nitrogens with zero attached hydrogens (tertiary/aromatic N) is 3. The molecule has 11 heteroatoms. The van der Waals surface area contributed by atoms with Gasteiger partial charge in [-0.15, -0.1) is 0 Å². The summed E-state index contributed by atoms with van der Waals surface area (Å²) in [6, 6.07) is 10.9. The van der Waals surface area contributed by atoms with Crippen LogP contribution in [0.15, 0.2) is 64.1 Å². The van der Waals surface area contributed by atoms with Gasteiger partial charge in [-0.1, -0.05) is 18.2 Å². The second kappa shape index (κ2) is 10.00. The van der Waals surface area contributed by atoms with Crippen molar-refractivity contribution in [1.82, 2.24) is 19.1 Å². The standard InChI is InChI=1S/C26H26F3N5O3/c1-15(35)22(34-24(36)21-23(32-14-31-21)33(3)25(34)37)20-13-18(26(27,28)29)11-10-17(20)8-4-6-16-7-5-9-19(12-16)30-2/h5,7,9-14,30,35H,4,6,8H2,1-3H3,(H,31,32)/b22-15-. The molecule has 37 heavy (non-hydrogen) atoms. The highest BCUT2D eigenvalue weighted by atomic mass is 19.4. The van der Waals surface area contributed by atoms with Crippen LogP contribution in [0.2, 0.25) is 0 Å². The molecule has 0 fully saturated rings. The lowest BCUT2D eigenvalue weighted by Gasteiger charge is -2.19. The van der Waals surface area contributed by atoms with Gasteiger partial charge < -0.3 is 15.4 Å². The van der Waals surface area contributed by atoms with Crippen molar-refractivity contribution in [1.29, 1.82) is 0 Å². The van der Waals surface area contributed by atoms with Crippen molar-refractivity contribution in [2.75, 3.05) is 12.4 Å². The highest BCUT2D eigenvalue weighted by Gasteiger charge is 2.32. The van der Waals surface area contributed by atoms with Gasteiger partial charge in [0.05, 0.1) is 17.6 Å². The Kier molecular flexibility index (Phi) is 6.97. The lowest BCUT2D eigenvalue weighted by molar-refractivity contribution is -0.137. The summed E-state index contributed by atoms with van der Waals surface area (Å²) in [5.74, 6) is -0.472. The predicted octanol–water partition coefficient (Wildman–Crippen LogP) is 4.45. The third kappa shape index (κ3) is 5.02. The van der Waals surface area contributed by atoms with Crippen LogP contribution >= 0.6 is 0 Å². The molecule has 0 aliphatic carbocycles. The molecule has 0 amide bonds. The molecule has 0 atom stereocenters. The van der Waals surface area contributed by atoms with Gasteiger partial charge in [-0.25, -0.2) is 14.3 Å². The van der Waals surface area contributed by atoms with E-state index in [0.717, 1.165) is 28.0 Å². The van der Waals surface area contributed by atoms with Crippen LogP contribution in [0.5, 0.6) is 0 Å². The minimum Gasteiger partial charge on any atom is -0.510 e. The monoisotopic (exact) mass is 513 g/mol. The van der Waals surface area contributed by atoms with Crippen molar-refractivity contribution in [3.63, 3.8) is 0 Å². The lowest BCUT2D eigenvalue weighted by Crippen LogP contribution is -2.39. The Labute approximate surface area is 209 Å². The summed E-state index contributed by atoms with van der Waals surface area (Å²) in [7, 11) is 3.20. The summed E-state index contributed by atoms with van der Waals surface area (Å²) < 4.78 is 42.8. The number of anilines is 1. The molecule has 0 saturated heterocycles. The maximum Gasteiger partial charge on any atom is 0.416 e. The van der Waals surface area contributed by atoms with E-state index in [1.54, 1.807) is 0 Å². The largest absolute Gasteiger partial charge is 0.510 e. The van der Waals surface area contributed by atoms with E-state index in [1.807, 2.05) is 31.3 Å². The van der Waals surface area contributed by atoms with Gasteiger partial charge in [0.1, 0.15) is 11.3 Å². The first-order valence-electron chi connectivity index (χ1n) is 11.6. The van der Waals surface area contributed by atoms with Crippen LogP contribution in [0, 0.1) is 0 Å².